The van der Waals surface area contributed by atoms with Crippen molar-refractivity contribution in [3.8, 4) is 5.75 Å². The van der Waals surface area contributed by atoms with E-state index in [0.717, 1.165) is 18.4 Å². The monoisotopic (exact) mass is 612 g/mol. The highest BCUT2D eigenvalue weighted by Gasteiger charge is 2.44. The normalized spacial score (nSPS) is 22.6. The zero-order valence-electron chi connectivity index (χ0n) is 25.5. The summed E-state index contributed by atoms with van der Waals surface area (Å²) in [6, 6.07) is 1.31. The Kier molecular flexibility index (Phi) is 15.0. The van der Waals surface area contributed by atoms with Crippen LogP contribution in [-0.2, 0) is 4.79 Å². The molecule has 2 heterocycles. The van der Waals surface area contributed by atoms with E-state index in [4.69, 9.17) is 14.3 Å². The van der Waals surface area contributed by atoms with E-state index < -0.39 is 48.7 Å². The van der Waals surface area contributed by atoms with Crippen LogP contribution in [0.2, 0.25) is 0 Å². The van der Waals surface area contributed by atoms with Gasteiger partial charge in [0, 0.05) is 6.07 Å². The molecule has 1 aliphatic rings. The van der Waals surface area contributed by atoms with Crippen molar-refractivity contribution in [2.45, 2.75) is 71.1 Å². The molecule has 2 rings (SSSR count). The van der Waals surface area contributed by atoms with Crippen molar-refractivity contribution in [3.05, 3.63) is 106 Å². The number of ether oxygens (including phenoxy) is 1. The third-order valence-electron chi connectivity index (χ3n) is 7.07. The van der Waals surface area contributed by atoms with Crippen LogP contribution in [0.25, 0.3) is 6.08 Å². The van der Waals surface area contributed by atoms with Crippen molar-refractivity contribution in [3.63, 3.8) is 0 Å². The van der Waals surface area contributed by atoms with E-state index in [9.17, 15) is 35.1 Å². The first-order chi connectivity index (χ1) is 20.9. The maximum atomic E-state index is 12.4. The summed E-state index contributed by atoms with van der Waals surface area (Å²) >= 11 is 0. The van der Waals surface area contributed by atoms with E-state index in [1.807, 2.05) is 38.2 Å². The smallest absolute Gasteiger partial charge is 0.345 e. The molecule has 44 heavy (non-hydrogen) atoms. The molecule has 10 nitrogen and oxygen atoms in total. The van der Waals surface area contributed by atoms with E-state index >= 15 is 0 Å². The number of hydrogen-bond acceptors (Lipinski definition) is 9. The average Bonchev–Trinajstić information content (AvgIpc) is 2.98. The maximum absolute atomic E-state index is 12.4. The van der Waals surface area contributed by atoms with Gasteiger partial charge in [-0.25, -0.2) is 9.59 Å². The lowest BCUT2D eigenvalue weighted by atomic mass is 9.92. The van der Waals surface area contributed by atoms with Crippen molar-refractivity contribution in [1.82, 2.24) is 0 Å². The number of fused-ring (bicyclic) bond motifs is 1. The van der Waals surface area contributed by atoms with E-state index in [0.29, 0.717) is 5.92 Å². The van der Waals surface area contributed by atoms with Gasteiger partial charge in [0.15, 0.2) is 6.10 Å². The Morgan fingerprint density at radius 2 is 1.64 bits per heavy atom. The van der Waals surface area contributed by atoms with Gasteiger partial charge in [-0.15, -0.1) is 0 Å². The molecule has 240 valence electrons. The first-order valence-corrected chi connectivity index (χ1v) is 14.5. The van der Waals surface area contributed by atoms with Gasteiger partial charge >= 0.3 is 11.6 Å². The fraction of sp³-hybridized carbons (Fsp3) is 0.412. The van der Waals surface area contributed by atoms with E-state index in [-0.39, 0.29) is 28.6 Å². The highest BCUT2D eigenvalue weighted by Crippen LogP contribution is 2.35. The van der Waals surface area contributed by atoms with Crippen molar-refractivity contribution in [1.29, 1.82) is 0 Å². The Bertz CT molecular complexity index is 1360. The van der Waals surface area contributed by atoms with Crippen LogP contribution in [0.4, 0.5) is 0 Å². The summed E-state index contributed by atoms with van der Waals surface area (Å²) in [7, 11) is 0. The highest BCUT2D eigenvalue weighted by atomic mass is 16.5. The molecule has 0 bridgehead atoms. The van der Waals surface area contributed by atoms with E-state index in [1.165, 1.54) is 12.1 Å². The molecule has 0 aromatic carbocycles. The van der Waals surface area contributed by atoms with Crippen LogP contribution in [-0.4, -0.2) is 67.6 Å². The third-order valence-corrected chi connectivity index (χ3v) is 7.07. The molecule has 5 unspecified atom stereocenters. The second-order valence-corrected chi connectivity index (χ2v) is 10.9. The van der Waals surface area contributed by atoms with Crippen molar-refractivity contribution in [2.75, 3.05) is 6.61 Å². The Hall–Kier alpha value is -3.80. The predicted octanol–water partition coefficient (Wildman–Crippen LogP) is 3.78. The number of aliphatic hydroxyl groups is 5. The minimum atomic E-state index is -1.73. The number of carboxylic acids is 1. The first kappa shape index (κ1) is 36.4. The van der Waals surface area contributed by atoms with Gasteiger partial charge < -0.3 is 39.8 Å². The van der Waals surface area contributed by atoms with Crippen LogP contribution in [0.3, 0.4) is 0 Å². The molecule has 0 amide bonds. The van der Waals surface area contributed by atoms with Gasteiger partial charge in [-0.05, 0) is 37.3 Å². The minimum Gasteiger partial charge on any atom is -0.484 e. The Balaban J connectivity index is 1.98. The standard InChI is InChI=1S/C34H44O10/c1-5-21(2)16-23(4)18-24(33(40)41)17-22(3)14-12-10-8-6-7-9-11-13-15-25-19-27-28(34(42)43-25)30(38)31(39)32(44-27)29(37)26(36)20-35/h6-15,17-19,21,23,26,29-32,35-39H,5,16,20H2,1-4H3,(H,40,41)/b7-6+,10-8+,11-9+,14-12+,15-13+,22-17+,24-18-/t21?,23?,26?,29?,30-,31+,32?/m0/s1. The van der Waals surface area contributed by atoms with Gasteiger partial charge in [-0.2, -0.15) is 0 Å². The molecular weight excluding hydrogens is 568 g/mol. The fourth-order valence-corrected chi connectivity index (χ4v) is 4.50. The molecule has 0 spiro atoms. The van der Waals surface area contributed by atoms with Gasteiger partial charge in [-0.3, -0.25) is 0 Å². The number of carboxylic acid groups (broad SMARTS) is 1. The van der Waals surface area contributed by atoms with Gasteiger partial charge in [0.25, 0.3) is 0 Å². The number of hydrogen-bond donors (Lipinski definition) is 6. The number of carbonyl (C=O) groups is 1. The van der Waals surface area contributed by atoms with Crippen LogP contribution in [0.15, 0.2) is 93.3 Å². The van der Waals surface area contributed by atoms with Crippen LogP contribution in [0.5, 0.6) is 5.75 Å². The topological polar surface area (TPSA) is 178 Å². The van der Waals surface area contributed by atoms with Gasteiger partial charge in [0.2, 0.25) is 0 Å². The quantitative estimate of drug-likeness (QED) is 0.126. The number of rotatable bonds is 15. The van der Waals surface area contributed by atoms with Crippen molar-refractivity contribution < 1.29 is 44.6 Å². The van der Waals surface area contributed by atoms with Crippen LogP contribution >= 0.6 is 0 Å². The summed E-state index contributed by atoms with van der Waals surface area (Å²) in [6.07, 6.45) is 14.5. The lowest BCUT2D eigenvalue weighted by Gasteiger charge is -2.36. The second-order valence-electron chi connectivity index (χ2n) is 10.9. The summed E-state index contributed by atoms with van der Waals surface area (Å²) in [5, 5.41) is 59.1. The summed E-state index contributed by atoms with van der Waals surface area (Å²) < 4.78 is 10.7. The van der Waals surface area contributed by atoms with Gasteiger partial charge in [-0.1, -0.05) is 93.5 Å². The SMILES string of the molecule is CCC(C)CC(C)/C=C(/C=C(C)/C=C/C=C/C=C/C=C/C=C/c1cc2c(c(=O)o1)[C@H](O)[C@@H](O)C(C(O)C(O)CO)O2)C(=O)O. The summed E-state index contributed by atoms with van der Waals surface area (Å²) in [5.41, 5.74) is -0.146. The Morgan fingerprint density at radius 1 is 1.02 bits per heavy atom. The van der Waals surface area contributed by atoms with Crippen LogP contribution in [0.1, 0.15) is 58.0 Å². The molecule has 0 aliphatic carbocycles. The molecule has 1 aliphatic heterocycles. The van der Waals surface area contributed by atoms with Crippen molar-refractivity contribution in [2.24, 2.45) is 11.8 Å². The minimum absolute atomic E-state index is 0.0845. The first-order valence-electron chi connectivity index (χ1n) is 14.5. The molecule has 0 saturated carbocycles. The number of allylic oxidation sites excluding steroid dienone is 11. The van der Waals surface area contributed by atoms with Gasteiger partial charge in [0.05, 0.1) is 12.2 Å². The summed E-state index contributed by atoms with van der Waals surface area (Å²) in [4.78, 5) is 24.1. The highest BCUT2D eigenvalue weighted by molar-refractivity contribution is 5.90. The Labute approximate surface area is 257 Å². The lowest BCUT2D eigenvalue weighted by molar-refractivity contribution is -0.143. The van der Waals surface area contributed by atoms with Crippen molar-refractivity contribution >= 4 is 12.0 Å². The summed E-state index contributed by atoms with van der Waals surface area (Å²) in [5.74, 6) is -0.270. The molecule has 0 fully saturated rings. The average molecular weight is 613 g/mol. The zero-order valence-corrected chi connectivity index (χ0v) is 25.5. The molecule has 0 saturated heterocycles. The third kappa shape index (κ3) is 11.0. The van der Waals surface area contributed by atoms with Crippen LogP contribution < -0.4 is 10.4 Å². The van der Waals surface area contributed by atoms with E-state index in [1.54, 1.807) is 42.5 Å². The van der Waals surface area contributed by atoms with Crippen LogP contribution in [0, 0.1) is 11.8 Å². The molecule has 1 aromatic heterocycles. The largest absolute Gasteiger partial charge is 0.484 e. The molecule has 7 atom stereocenters. The summed E-state index contributed by atoms with van der Waals surface area (Å²) in [6.45, 7) is 7.37. The zero-order chi connectivity index (χ0) is 32.8. The molecular formula is C34H44O10. The van der Waals surface area contributed by atoms with Gasteiger partial charge in [0.1, 0.15) is 41.5 Å². The molecule has 0 radical (unpaired) electrons. The Morgan fingerprint density at radius 3 is 2.23 bits per heavy atom. The molecule has 1 aromatic rings. The number of aliphatic hydroxyl groups excluding tert-OH is 5. The second kappa shape index (κ2) is 18.1. The lowest BCUT2D eigenvalue weighted by Crippen LogP contribution is -2.53. The number of aliphatic carboxylic acids is 1. The fourth-order valence-electron chi connectivity index (χ4n) is 4.50. The molecule has 10 heteroatoms. The predicted molar refractivity (Wildman–Crippen MR) is 168 cm³/mol. The van der Waals surface area contributed by atoms with E-state index in [2.05, 4.69) is 13.8 Å². The molecule has 6 N–H and O–H groups in total. The maximum Gasteiger partial charge on any atom is 0.345 e.